The lowest BCUT2D eigenvalue weighted by Gasteiger charge is -2.31. The number of hydrogen-bond acceptors (Lipinski definition) is 5. The Labute approximate surface area is 176 Å². The zero-order valence-electron chi connectivity index (χ0n) is 17.7. The second kappa shape index (κ2) is 8.69. The minimum atomic E-state index is -1.04. The van der Waals surface area contributed by atoms with E-state index in [0.717, 1.165) is 5.56 Å². The molecule has 1 aliphatic rings. The molecule has 0 bridgehead atoms. The van der Waals surface area contributed by atoms with Gasteiger partial charge in [0, 0.05) is 23.9 Å². The van der Waals surface area contributed by atoms with Gasteiger partial charge in [0.15, 0.2) is 5.78 Å². The summed E-state index contributed by atoms with van der Waals surface area (Å²) in [6.07, 6.45) is 0. The van der Waals surface area contributed by atoms with E-state index in [1.807, 2.05) is 30.3 Å². The highest BCUT2D eigenvalue weighted by Gasteiger charge is 2.56. The van der Waals surface area contributed by atoms with Gasteiger partial charge in [-0.05, 0) is 43.7 Å². The number of rotatable bonds is 7. The van der Waals surface area contributed by atoms with E-state index in [0.29, 0.717) is 17.9 Å². The molecule has 1 fully saturated rings. The summed E-state index contributed by atoms with van der Waals surface area (Å²) >= 11 is 0. The van der Waals surface area contributed by atoms with Crippen LogP contribution in [0, 0.1) is 17.8 Å². The summed E-state index contributed by atoms with van der Waals surface area (Å²) in [7, 11) is 1.56. The van der Waals surface area contributed by atoms with Crippen molar-refractivity contribution in [3.63, 3.8) is 0 Å². The highest BCUT2D eigenvalue weighted by atomic mass is 16.6. The normalized spacial score (nSPS) is 20.9. The molecule has 0 saturated carbocycles. The number of nitrogens with one attached hydrogen (secondary N) is 1. The Kier molecular flexibility index (Phi) is 6.25. The smallest absolute Gasteiger partial charge is 0.319 e. The average Bonchev–Trinajstić information content (AvgIpc) is 2.99. The fourth-order valence-corrected chi connectivity index (χ4v) is 4.18. The first-order valence-corrected chi connectivity index (χ1v) is 9.97. The number of methoxy groups -OCH3 is 1. The molecule has 2 aromatic rings. The van der Waals surface area contributed by atoms with Gasteiger partial charge in [0.05, 0.1) is 7.11 Å². The number of benzene rings is 2. The Morgan fingerprint density at radius 1 is 1.10 bits per heavy atom. The molecule has 30 heavy (non-hydrogen) atoms. The van der Waals surface area contributed by atoms with Gasteiger partial charge in [-0.3, -0.25) is 14.4 Å². The number of carbonyl (C=O) groups excluding carboxylic acids is 3. The summed E-state index contributed by atoms with van der Waals surface area (Å²) in [5.41, 5.74) is 0.491. The van der Waals surface area contributed by atoms with E-state index in [-0.39, 0.29) is 5.78 Å². The molecule has 6 heteroatoms. The first kappa shape index (κ1) is 21.6. The van der Waals surface area contributed by atoms with E-state index in [9.17, 15) is 14.4 Å². The van der Waals surface area contributed by atoms with Crippen molar-refractivity contribution in [2.24, 2.45) is 17.8 Å². The van der Waals surface area contributed by atoms with Crippen LogP contribution < -0.4 is 10.1 Å². The Morgan fingerprint density at radius 2 is 1.73 bits per heavy atom. The van der Waals surface area contributed by atoms with Gasteiger partial charge in [0.1, 0.15) is 17.3 Å². The van der Waals surface area contributed by atoms with E-state index in [1.54, 1.807) is 52.1 Å². The first-order valence-electron chi connectivity index (χ1n) is 9.97. The van der Waals surface area contributed by atoms with Crippen LogP contribution >= 0.6 is 0 Å². The van der Waals surface area contributed by atoms with Crippen molar-refractivity contribution in [1.29, 1.82) is 0 Å². The lowest BCUT2D eigenvalue weighted by Crippen LogP contribution is -2.44. The second-order valence-electron chi connectivity index (χ2n) is 8.11. The van der Waals surface area contributed by atoms with Gasteiger partial charge < -0.3 is 14.8 Å². The van der Waals surface area contributed by atoms with Crippen LogP contribution in [0.5, 0.6) is 5.75 Å². The summed E-state index contributed by atoms with van der Waals surface area (Å²) in [4.78, 5) is 38.7. The molecule has 0 unspecified atom stereocenters. The van der Waals surface area contributed by atoms with Crippen LogP contribution in [-0.4, -0.2) is 30.4 Å². The molecule has 1 aliphatic heterocycles. The lowest BCUT2D eigenvalue weighted by molar-refractivity contribution is -0.150. The molecule has 3 rings (SSSR count). The summed E-state index contributed by atoms with van der Waals surface area (Å²) in [6.45, 7) is 5.55. The minimum Gasteiger partial charge on any atom is -0.497 e. The molecule has 0 aliphatic carbocycles. The Bertz CT molecular complexity index is 920. The van der Waals surface area contributed by atoms with Crippen molar-refractivity contribution in [3.8, 4) is 5.75 Å². The molecule has 1 N–H and O–H groups in total. The third kappa shape index (κ3) is 4.37. The molecular weight excluding hydrogens is 382 g/mol. The number of esters is 1. The molecule has 0 aromatic heterocycles. The lowest BCUT2D eigenvalue weighted by atomic mass is 9.72. The summed E-state index contributed by atoms with van der Waals surface area (Å²) < 4.78 is 10.7. The van der Waals surface area contributed by atoms with Gasteiger partial charge in [-0.2, -0.15) is 0 Å². The van der Waals surface area contributed by atoms with Crippen molar-refractivity contribution < 1.29 is 23.9 Å². The fourth-order valence-electron chi connectivity index (χ4n) is 4.18. The first-order chi connectivity index (χ1) is 14.2. The number of ether oxygens (including phenoxy) is 2. The minimum absolute atomic E-state index is 0.144. The third-order valence-corrected chi connectivity index (χ3v) is 5.70. The van der Waals surface area contributed by atoms with Crippen LogP contribution in [0.4, 0.5) is 0 Å². The number of cyclic esters (lactones) is 1. The second-order valence-corrected chi connectivity index (χ2v) is 8.11. The maximum Gasteiger partial charge on any atom is 0.319 e. The van der Waals surface area contributed by atoms with Crippen molar-refractivity contribution in [3.05, 3.63) is 65.7 Å². The van der Waals surface area contributed by atoms with Crippen molar-refractivity contribution in [2.75, 3.05) is 7.11 Å². The Balaban J connectivity index is 1.80. The molecule has 3 atom stereocenters. The molecule has 158 valence electrons. The molecule has 1 amide bonds. The topological polar surface area (TPSA) is 81.7 Å². The van der Waals surface area contributed by atoms with Crippen LogP contribution in [0.1, 0.15) is 36.7 Å². The molecule has 0 radical (unpaired) electrons. The monoisotopic (exact) mass is 409 g/mol. The number of amides is 1. The summed E-state index contributed by atoms with van der Waals surface area (Å²) in [6, 6.07) is 16.2. The molecule has 6 nitrogen and oxygen atoms in total. The van der Waals surface area contributed by atoms with Gasteiger partial charge in [0.25, 0.3) is 0 Å². The predicted molar refractivity (Wildman–Crippen MR) is 112 cm³/mol. The highest BCUT2D eigenvalue weighted by molar-refractivity contribution is 6.03. The quantitative estimate of drug-likeness (QED) is 0.431. The Hall–Kier alpha value is -3.15. The molecule has 1 heterocycles. The third-order valence-electron chi connectivity index (χ3n) is 5.70. The van der Waals surface area contributed by atoms with E-state index >= 15 is 0 Å². The van der Waals surface area contributed by atoms with Crippen LogP contribution in [-0.2, 0) is 20.9 Å². The highest BCUT2D eigenvalue weighted by Crippen LogP contribution is 2.43. The number of Topliss-reactive ketones (excluding diaryl/α,β-unsaturated/α-hetero) is 1. The van der Waals surface area contributed by atoms with Crippen LogP contribution in [0.2, 0.25) is 0 Å². The largest absolute Gasteiger partial charge is 0.497 e. The number of carbonyl (C=O) groups is 3. The fraction of sp³-hybridized carbons (Fsp3) is 0.375. The maximum atomic E-state index is 13.1. The zero-order valence-corrected chi connectivity index (χ0v) is 17.7. The summed E-state index contributed by atoms with van der Waals surface area (Å²) in [5, 5.41) is 2.82. The number of hydrogen-bond donors (Lipinski definition) is 1. The number of ketones is 1. The molecule has 2 aromatic carbocycles. The Morgan fingerprint density at radius 3 is 2.33 bits per heavy atom. The van der Waals surface area contributed by atoms with E-state index < -0.39 is 35.2 Å². The maximum absolute atomic E-state index is 13.1. The van der Waals surface area contributed by atoms with Crippen LogP contribution in [0.15, 0.2) is 54.6 Å². The van der Waals surface area contributed by atoms with Gasteiger partial charge >= 0.3 is 5.97 Å². The van der Waals surface area contributed by atoms with Gasteiger partial charge in [0.2, 0.25) is 5.91 Å². The zero-order chi connectivity index (χ0) is 21.9. The standard InChI is InChI=1S/C24H27NO5/c1-15(21(26)17-10-12-18(29-4)13-11-17)20-19(23(28)30-24(20,2)3)22(27)25-14-16-8-6-5-7-9-16/h5-13,15,19-20H,14H2,1-4H3,(H,25,27)/t15-,19+,20+/m1/s1. The van der Waals surface area contributed by atoms with E-state index in [1.165, 1.54) is 0 Å². The van der Waals surface area contributed by atoms with Crippen molar-refractivity contribution in [2.45, 2.75) is 32.9 Å². The van der Waals surface area contributed by atoms with Gasteiger partial charge in [-0.1, -0.05) is 37.3 Å². The predicted octanol–water partition coefficient (Wildman–Crippen LogP) is 3.40. The van der Waals surface area contributed by atoms with E-state index in [2.05, 4.69) is 5.32 Å². The average molecular weight is 409 g/mol. The molecule has 0 spiro atoms. The van der Waals surface area contributed by atoms with Crippen molar-refractivity contribution in [1.82, 2.24) is 5.32 Å². The molecule has 1 saturated heterocycles. The van der Waals surface area contributed by atoms with Crippen molar-refractivity contribution >= 4 is 17.7 Å². The molecular formula is C24H27NO5. The van der Waals surface area contributed by atoms with Crippen LogP contribution in [0.25, 0.3) is 0 Å². The van der Waals surface area contributed by atoms with Gasteiger partial charge in [-0.25, -0.2) is 0 Å². The summed E-state index contributed by atoms with van der Waals surface area (Å²) in [5.74, 6) is -2.73. The van der Waals surface area contributed by atoms with Crippen LogP contribution in [0.3, 0.4) is 0 Å². The van der Waals surface area contributed by atoms with E-state index in [4.69, 9.17) is 9.47 Å². The SMILES string of the molecule is COc1ccc(C(=O)[C@H](C)[C@H]2[C@@H](C(=O)NCc3ccccc3)C(=O)OC2(C)C)cc1. The van der Waals surface area contributed by atoms with Gasteiger partial charge in [-0.15, -0.1) is 0 Å².